The lowest BCUT2D eigenvalue weighted by Crippen LogP contribution is -2.11. The van der Waals surface area contributed by atoms with Crippen LogP contribution in [0.25, 0.3) is 16.9 Å². The van der Waals surface area contributed by atoms with Crippen LogP contribution in [0.5, 0.6) is 0 Å². The van der Waals surface area contributed by atoms with Gasteiger partial charge in [-0.25, -0.2) is 8.78 Å². The second kappa shape index (κ2) is 5.27. The van der Waals surface area contributed by atoms with E-state index in [4.69, 9.17) is 23.2 Å². The van der Waals surface area contributed by atoms with Crippen LogP contribution in [0.15, 0.2) is 18.5 Å². The van der Waals surface area contributed by atoms with Crippen LogP contribution in [-0.2, 0) is 6.18 Å². The highest BCUT2D eigenvalue weighted by molar-refractivity contribution is 6.38. The molecule has 2 aromatic heterocycles. The molecule has 0 spiro atoms. The molecule has 0 N–H and O–H groups in total. The zero-order valence-electron chi connectivity index (χ0n) is 10.7. The third-order valence-corrected chi connectivity index (χ3v) is 3.56. The van der Waals surface area contributed by atoms with E-state index in [0.717, 1.165) is 10.8 Å². The first-order chi connectivity index (χ1) is 10.7. The number of hydrogen-bond acceptors (Lipinski definition) is 3. The topological polar surface area (TPSA) is 43.1 Å². The number of halogens is 7. The summed E-state index contributed by atoms with van der Waals surface area (Å²) in [5.41, 5.74) is -3.14. The fourth-order valence-electron chi connectivity index (χ4n) is 2.04. The van der Waals surface area contributed by atoms with Crippen LogP contribution < -0.4 is 0 Å². The smallest absolute Gasteiger partial charge is 0.207 e. The average molecular weight is 369 g/mol. The Morgan fingerprint density at radius 2 is 1.74 bits per heavy atom. The lowest BCUT2D eigenvalue weighted by atomic mass is 10.0. The molecule has 0 aliphatic rings. The van der Waals surface area contributed by atoms with Crippen molar-refractivity contribution < 1.29 is 22.0 Å². The molecule has 2 heterocycles. The SMILES string of the molecule is Fc1cc(F)c(-c2c(Cl)nc3ncnn3c2Cl)c(C(F)(F)F)c1. The molecule has 0 aliphatic carbocycles. The Hall–Kier alpha value is -2.00. The molecule has 0 aliphatic heterocycles. The highest BCUT2D eigenvalue weighted by Crippen LogP contribution is 2.43. The standard InChI is InChI=1S/C12H3Cl2F5N4/c13-9-8(10(14)23-11(22-9)20-3-21-23)7-5(12(17,18)19)1-4(15)2-6(7)16/h1-3H. The summed E-state index contributed by atoms with van der Waals surface area (Å²) in [5, 5.41) is 2.70. The van der Waals surface area contributed by atoms with Crippen LogP contribution >= 0.6 is 23.2 Å². The number of nitrogens with zero attached hydrogens (tertiary/aromatic N) is 4. The third-order valence-electron chi connectivity index (χ3n) is 2.94. The van der Waals surface area contributed by atoms with Gasteiger partial charge in [-0.05, 0) is 6.07 Å². The van der Waals surface area contributed by atoms with Crippen molar-refractivity contribution in [3.63, 3.8) is 0 Å². The molecule has 0 bridgehead atoms. The predicted molar refractivity (Wildman–Crippen MR) is 71.2 cm³/mol. The lowest BCUT2D eigenvalue weighted by Gasteiger charge is -2.16. The molecule has 120 valence electrons. The van der Waals surface area contributed by atoms with Gasteiger partial charge in [-0.2, -0.15) is 32.8 Å². The van der Waals surface area contributed by atoms with Crippen LogP contribution in [0.2, 0.25) is 10.3 Å². The van der Waals surface area contributed by atoms with Gasteiger partial charge in [-0.15, -0.1) is 0 Å². The van der Waals surface area contributed by atoms with Crippen molar-refractivity contribution in [1.82, 2.24) is 19.6 Å². The van der Waals surface area contributed by atoms with Gasteiger partial charge in [0.2, 0.25) is 0 Å². The lowest BCUT2D eigenvalue weighted by molar-refractivity contribution is -0.137. The van der Waals surface area contributed by atoms with Crippen molar-refractivity contribution in [3.8, 4) is 11.1 Å². The first-order valence-electron chi connectivity index (χ1n) is 5.81. The summed E-state index contributed by atoms with van der Waals surface area (Å²) in [6.45, 7) is 0. The Kier molecular flexibility index (Phi) is 3.64. The Morgan fingerprint density at radius 1 is 1.04 bits per heavy atom. The number of alkyl halides is 3. The van der Waals surface area contributed by atoms with Crippen molar-refractivity contribution in [3.05, 3.63) is 46.0 Å². The quantitative estimate of drug-likeness (QED) is 0.472. The minimum Gasteiger partial charge on any atom is -0.207 e. The molecular formula is C12H3Cl2F5N4. The Bertz CT molecular complexity index is 922. The summed E-state index contributed by atoms with van der Waals surface area (Å²) in [5.74, 6) is -2.96. The van der Waals surface area contributed by atoms with Gasteiger partial charge in [-0.1, -0.05) is 23.2 Å². The van der Waals surface area contributed by atoms with Crippen LogP contribution in [0.4, 0.5) is 22.0 Å². The highest BCUT2D eigenvalue weighted by Gasteiger charge is 2.37. The van der Waals surface area contributed by atoms with E-state index in [-0.39, 0.29) is 11.8 Å². The summed E-state index contributed by atoms with van der Waals surface area (Å²) >= 11 is 11.8. The fourth-order valence-corrected chi connectivity index (χ4v) is 2.65. The molecular weight excluding hydrogens is 366 g/mol. The Labute approximate surface area is 134 Å². The van der Waals surface area contributed by atoms with Gasteiger partial charge in [-0.3, -0.25) is 0 Å². The number of aromatic nitrogens is 4. The molecule has 0 fully saturated rings. The van der Waals surface area contributed by atoms with Crippen LogP contribution in [0.3, 0.4) is 0 Å². The monoisotopic (exact) mass is 368 g/mol. The van der Waals surface area contributed by atoms with Crippen molar-refractivity contribution >= 4 is 29.0 Å². The Morgan fingerprint density at radius 3 is 2.39 bits per heavy atom. The van der Waals surface area contributed by atoms with Gasteiger partial charge < -0.3 is 0 Å². The molecule has 1 aromatic carbocycles. The summed E-state index contributed by atoms with van der Waals surface area (Å²) in [4.78, 5) is 7.38. The minimum absolute atomic E-state index is 0.0835. The number of rotatable bonds is 1. The summed E-state index contributed by atoms with van der Waals surface area (Å²) in [6, 6.07) is 0.444. The number of fused-ring (bicyclic) bond motifs is 1. The summed E-state index contributed by atoms with van der Waals surface area (Å²) in [7, 11) is 0. The van der Waals surface area contributed by atoms with Crippen LogP contribution in [-0.4, -0.2) is 19.6 Å². The van der Waals surface area contributed by atoms with Gasteiger partial charge in [0.05, 0.1) is 11.1 Å². The number of hydrogen-bond donors (Lipinski definition) is 0. The van der Waals surface area contributed by atoms with Gasteiger partial charge in [0.1, 0.15) is 28.3 Å². The highest BCUT2D eigenvalue weighted by atomic mass is 35.5. The molecule has 3 rings (SSSR count). The van der Waals surface area contributed by atoms with Crippen molar-refractivity contribution in [2.45, 2.75) is 6.18 Å². The molecule has 0 saturated carbocycles. The van der Waals surface area contributed by atoms with Gasteiger partial charge in [0.25, 0.3) is 5.78 Å². The normalized spacial score (nSPS) is 12.1. The van der Waals surface area contributed by atoms with Crippen molar-refractivity contribution in [2.75, 3.05) is 0 Å². The van der Waals surface area contributed by atoms with E-state index < -0.39 is 44.8 Å². The van der Waals surface area contributed by atoms with E-state index in [1.165, 1.54) is 0 Å². The van der Waals surface area contributed by atoms with Crippen molar-refractivity contribution in [2.24, 2.45) is 0 Å². The average Bonchev–Trinajstić information content (AvgIpc) is 2.87. The fraction of sp³-hybridized carbons (Fsp3) is 0.0833. The van der Waals surface area contributed by atoms with Gasteiger partial charge >= 0.3 is 6.18 Å². The molecule has 4 nitrogen and oxygen atoms in total. The zero-order chi connectivity index (χ0) is 16.9. The summed E-state index contributed by atoms with van der Waals surface area (Å²) < 4.78 is 67.6. The molecule has 0 radical (unpaired) electrons. The Balaban J connectivity index is 2.44. The molecule has 3 aromatic rings. The molecule has 23 heavy (non-hydrogen) atoms. The largest absolute Gasteiger partial charge is 0.417 e. The van der Waals surface area contributed by atoms with E-state index in [9.17, 15) is 22.0 Å². The third kappa shape index (κ3) is 2.59. The maximum Gasteiger partial charge on any atom is 0.417 e. The maximum absolute atomic E-state index is 14.1. The van der Waals surface area contributed by atoms with Gasteiger partial charge in [0, 0.05) is 11.6 Å². The van der Waals surface area contributed by atoms with Crippen LogP contribution in [0, 0.1) is 11.6 Å². The van der Waals surface area contributed by atoms with E-state index in [0.29, 0.717) is 6.07 Å². The first kappa shape index (κ1) is 15.9. The molecule has 0 saturated heterocycles. The van der Waals surface area contributed by atoms with Crippen molar-refractivity contribution in [1.29, 1.82) is 0 Å². The minimum atomic E-state index is -5.04. The van der Waals surface area contributed by atoms with E-state index in [1.54, 1.807) is 0 Å². The van der Waals surface area contributed by atoms with Gasteiger partial charge in [0.15, 0.2) is 0 Å². The summed E-state index contributed by atoms with van der Waals surface area (Å²) in [6.07, 6.45) is -4.00. The second-order valence-electron chi connectivity index (χ2n) is 4.35. The molecule has 0 amide bonds. The zero-order valence-corrected chi connectivity index (χ0v) is 12.2. The second-order valence-corrected chi connectivity index (χ2v) is 5.06. The molecule has 11 heteroatoms. The predicted octanol–water partition coefficient (Wildman–Crippen LogP) is 4.40. The molecule has 0 atom stereocenters. The van der Waals surface area contributed by atoms with E-state index in [2.05, 4.69) is 15.1 Å². The van der Waals surface area contributed by atoms with Crippen LogP contribution in [0.1, 0.15) is 5.56 Å². The maximum atomic E-state index is 14.1. The first-order valence-corrected chi connectivity index (χ1v) is 6.57. The molecule has 0 unspecified atom stereocenters. The van der Waals surface area contributed by atoms with E-state index in [1.807, 2.05) is 0 Å². The van der Waals surface area contributed by atoms with E-state index >= 15 is 0 Å². The number of benzene rings is 1.